The fourth-order valence-electron chi connectivity index (χ4n) is 3.03. The summed E-state index contributed by atoms with van der Waals surface area (Å²) in [6.07, 6.45) is 0. The van der Waals surface area contributed by atoms with Crippen LogP contribution in [0.2, 0.25) is 0 Å². The van der Waals surface area contributed by atoms with Crippen LogP contribution in [-0.2, 0) is 24.9 Å². The van der Waals surface area contributed by atoms with Crippen molar-refractivity contribution in [3.63, 3.8) is 0 Å². The maximum absolute atomic E-state index is 7.62. The van der Waals surface area contributed by atoms with Crippen LogP contribution in [-0.4, -0.2) is 29.2 Å². The Morgan fingerprint density at radius 1 is 0.893 bits per heavy atom. The molecule has 9 nitrogen and oxygen atoms in total. The van der Waals surface area contributed by atoms with Crippen molar-refractivity contribution in [1.29, 1.82) is 0 Å². The molecule has 0 spiro atoms. The molecule has 0 N–H and O–H groups in total. The molecule has 0 radical (unpaired) electrons. The molecule has 0 saturated carbocycles. The van der Waals surface area contributed by atoms with Crippen LogP contribution in [0.5, 0.6) is 0 Å². The van der Waals surface area contributed by atoms with Gasteiger partial charge in [0.15, 0.2) is 17.2 Å². The zero-order valence-electron chi connectivity index (χ0n) is 18.0. The topological polar surface area (TPSA) is 82.0 Å². The number of hydrogen-bond acceptors (Lipinski definition) is 5. The molecule has 0 aliphatic carbocycles. The Morgan fingerprint density at radius 2 is 1.50 bits per heavy atom. The first-order chi connectivity index (χ1) is 12.9. The Morgan fingerprint density at radius 3 is 2.04 bits per heavy atom. The van der Waals surface area contributed by atoms with Crippen LogP contribution in [0.15, 0.2) is 10.2 Å². The number of azo groups is 1. The van der Waals surface area contributed by atoms with Crippen molar-refractivity contribution in [2.24, 2.45) is 24.3 Å². The van der Waals surface area contributed by atoms with E-state index in [1.54, 1.807) is 16.4 Å². The van der Waals surface area contributed by atoms with Crippen LogP contribution in [0.25, 0.3) is 10.5 Å². The highest BCUT2D eigenvalue weighted by Gasteiger charge is 2.29. The molecule has 0 bridgehead atoms. The van der Waals surface area contributed by atoms with Crippen LogP contribution in [0.3, 0.4) is 0 Å². The van der Waals surface area contributed by atoms with Crippen molar-refractivity contribution >= 4 is 22.8 Å². The van der Waals surface area contributed by atoms with Crippen LogP contribution in [0.1, 0.15) is 58.8 Å². The van der Waals surface area contributed by atoms with E-state index in [1.165, 1.54) is 0 Å². The molecule has 0 atom stereocenters. The summed E-state index contributed by atoms with van der Waals surface area (Å²) >= 11 is 0. The SMILES string of the molecule is [C-]#[N+]c1c(C(C)(C)C)nn(C)c1/N=N/c1c(C(C)(C)C)nn2nc(C)n(C)c12. The number of aryl methyl sites for hydroxylation is 3. The van der Waals surface area contributed by atoms with Gasteiger partial charge in [-0.15, -0.1) is 20.0 Å². The van der Waals surface area contributed by atoms with Crippen LogP contribution < -0.4 is 0 Å². The zero-order valence-corrected chi connectivity index (χ0v) is 18.0. The average Bonchev–Trinajstić information content (AvgIpc) is 3.17. The first-order valence-corrected chi connectivity index (χ1v) is 9.15. The molecule has 3 aromatic rings. The fraction of sp³-hybridized carbons (Fsp3) is 0.579. The van der Waals surface area contributed by atoms with Crippen molar-refractivity contribution in [3.05, 3.63) is 28.6 Å². The summed E-state index contributed by atoms with van der Waals surface area (Å²) < 4.78 is 5.16. The van der Waals surface area contributed by atoms with Gasteiger partial charge in [-0.1, -0.05) is 41.5 Å². The highest BCUT2D eigenvalue weighted by Crippen LogP contribution is 2.40. The van der Waals surface area contributed by atoms with E-state index in [9.17, 15) is 0 Å². The second-order valence-corrected chi connectivity index (χ2v) is 9.07. The maximum Gasteiger partial charge on any atom is 0.255 e. The van der Waals surface area contributed by atoms with E-state index in [-0.39, 0.29) is 10.8 Å². The van der Waals surface area contributed by atoms with Gasteiger partial charge in [-0.2, -0.15) is 10.2 Å². The Balaban J connectivity index is 2.23. The summed E-state index contributed by atoms with van der Waals surface area (Å²) in [5, 5.41) is 22.6. The lowest BCUT2D eigenvalue weighted by Crippen LogP contribution is -2.12. The quantitative estimate of drug-likeness (QED) is 0.478. The highest BCUT2D eigenvalue weighted by atomic mass is 15.5. The molecular formula is C19H27N9. The van der Waals surface area contributed by atoms with Crippen molar-refractivity contribution < 1.29 is 0 Å². The van der Waals surface area contributed by atoms with E-state index in [4.69, 9.17) is 6.57 Å². The van der Waals surface area contributed by atoms with Gasteiger partial charge in [0, 0.05) is 19.5 Å². The summed E-state index contributed by atoms with van der Waals surface area (Å²) in [4.78, 5) is 3.69. The van der Waals surface area contributed by atoms with Crippen LogP contribution in [0, 0.1) is 13.5 Å². The molecule has 3 rings (SSSR count). The summed E-state index contributed by atoms with van der Waals surface area (Å²) in [5.41, 5.74) is 2.89. The molecule has 0 unspecified atom stereocenters. The molecule has 0 fully saturated rings. The number of rotatable bonds is 2. The van der Waals surface area contributed by atoms with Gasteiger partial charge in [0.25, 0.3) is 5.69 Å². The number of aromatic nitrogens is 6. The Labute approximate surface area is 164 Å². The first kappa shape index (κ1) is 19.7. The van der Waals surface area contributed by atoms with Gasteiger partial charge in [0.1, 0.15) is 5.82 Å². The Hall–Kier alpha value is -3.02. The van der Waals surface area contributed by atoms with Crippen molar-refractivity contribution in [2.45, 2.75) is 59.3 Å². The Bertz CT molecular complexity index is 1120. The summed E-state index contributed by atoms with van der Waals surface area (Å²) in [6, 6.07) is 0. The molecule has 0 amide bonds. The van der Waals surface area contributed by atoms with Crippen molar-refractivity contribution in [3.8, 4) is 0 Å². The summed E-state index contributed by atoms with van der Waals surface area (Å²) in [6.45, 7) is 21.9. The zero-order chi connectivity index (χ0) is 21.0. The molecular weight excluding hydrogens is 354 g/mol. The van der Waals surface area contributed by atoms with Crippen LogP contribution >= 0.6 is 0 Å². The van der Waals surface area contributed by atoms with Gasteiger partial charge >= 0.3 is 0 Å². The predicted octanol–water partition coefficient (Wildman–Crippen LogP) is 4.67. The molecule has 3 heterocycles. The molecule has 0 saturated heterocycles. The minimum absolute atomic E-state index is 0.235. The van der Waals surface area contributed by atoms with E-state index in [0.29, 0.717) is 22.9 Å². The van der Waals surface area contributed by atoms with Gasteiger partial charge in [-0.3, -0.25) is 4.68 Å². The Kier molecular flexibility index (Phi) is 4.41. The molecule has 3 aromatic heterocycles. The number of hydrogen-bond donors (Lipinski definition) is 0. The monoisotopic (exact) mass is 381 g/mol. The smallest absolute Gasteiger partial charge is 0.255 e. The van der Waals surface area contributed by atoms with E-state index in [0.717, 1.165) is 17.2 Å². The van der Waals surface area contributed by atoms with Gasteiger partial charge in [0.05, 0.1) is 18.0 Å². The van der Waals surface area contributed by atoms with Gasteiger partial charge in [-0.05, 0) is 12.3 Å². The number of fused-ring (bicyclic) bond motifs is 1. The third kappa shape index (κ3) is 3.09. The first-order valence-electron chi connectivity index (χ1n) is 9.15. The normalized spacial score (nSPS) is 13.0. The lowest BCUT2D eigenvalue weighted by Gasteiger charge is -2.15. The number of nitrogens with zero attached hydrogens (tertiary/aromatic N) is 9. The maximum atomic E-state index is 7.62. The van der Waals surface area contributed by atoms with E-state index in [2.05, 4.69) is 51.1 Å². The second kappa shape index (κ2) is 6.26. The lowest BCUT2D eigenvalue weighted by atomic mass is 9.91. The van der Waals surface area contributed by atoms with Gasteiger partial charge in [0.2, 0.25) is 0 Å². The highest BCUT2D eigenvalue weighted by molar-refractivity contribution is 5.70. The van der Waals surface area contributed by atoms with Crippen LogP contribution in [0.4, 0.5) is 17.2 Å². The molecule has 9 heteroatoms. The minimum atomic E-state index is -0.258. The van der Waals surface area contributed by atoms with E-state index >= 15 is 0 Å². The van der Waals surface area contributed by atoms with Gasteiger partial charge in [-0.25, -0.2) is 4.85 Å². The van der Waals surface area contributed by atoms with Crippen molar-refractivity contribution in [2.75, 3.05) is 0 Å². The molecule has 0 aliphatic heterocycles. The standard InChI is InChI=1S/C19H27N9/c1-11-23-28-17(26(11)9)13(15(25-28)19(5,6)7)21-22-16-12(20-8)14(18(2,3)4)24-27(16)10/h1-7,9-10H3/b22-21+. The molecule has 28 heavy (non-hydrogen) atoms. The largest absolute Gasteiger partial charge is 0.313 e. The third-order valence-electron chi connectivity index (χ3n) is 4.63. The fourth-order valence-corrected chi connectivity index (χ4v) is 3.03. The molecule has 0 aromatic carbocycles. The van der Waals surface area contributed by atoms with Gasteiger partial charge < -0.3 is 4.57 Å². The predicted molar refractivity (Wildman–Crippen MR) is 108 cm³/mol. The minimum Gasteiger partial charge on any atom is -0.313 e. The van der Waals surface area contributed by atoms with Crippen molar-refractivity contribution in [1.82, 2.24) is 29.2 Å². The van der Waals surface area contributed by atoms with E-state index < -0.39 is 0 Å². The lowest BCUT2D eigenvalue weighted by molar-refractivity contribution is 0.554. The molecule has 148 valence electrons. The summed E-state index contributed by atoms with van der Waals surface area (Å²) in [5.74, 6) is 1.27. The average molecular weight is 381 g/mol. The van der Waals surface area contributed by atoms with E-state index in [1.807, 2.05) is 39.3 Å². The third-order valence-corrected chi connectivity index (χ3v) is 4.63. The second-order valence-electron chi connectivity index (χ2n) is 9.07. The molecule has 0 aliphatic rings. The summed E-state index contributed by atoms with van der Waals surface area (Å²) in [7, 11) is 3.71.